The van der Waals surface area contributed by atoms with E-state index in [2.05, 4.69) is 28.1 Å². The molecule has 0 aliphatic rings. The topological polar surface area (TPSA) is 44.5 Å². The van der Waals surface area contributed by atoms with Gasteiger partial charge in [0.1, 0.15) is 11.5 Å². The largest absolute Gasteiger partial charge is 0.457 e. The maximum absolute atomic E-state index is 5.84. The van der Waals surface area contributed by atoms with Crippen molar-refractivity contribution in [2.45, 2.75) is 13.0 Å². The van der Waals surface area contributed by atoms with Crippen LogP contribution in [-0.2, 0) is 17.7 Å². The fourth-order valence-electron chi connectivity index (χ4n) is 1.88. The molecule has 4 heteroatoms. The van der Waals surface area contributed by atoms with E-state index in [0.717, 1.165) is 34.6 Å². The molecule has 2 N–H and O–H groups in total. The van der Waals surface area contributed by atoms with Crippen molar-refractivity contribution in [2.75, 3.05) is 13.7 Å². The van der Waals surface area contributed by atoms with Crippen molar-refractivity contribution in [1.82, 2.24) is 0 Å². The lowest BCUT2D eigenvalue weighted by molar-refractivity contribution is 0.202. The smallest absolute Gasteiger partial charge is 0.128 e. The van der Waals surface area contributed by atoms with Crippen LogP contribution >= 0.6 is 15.9 Å². The Labute approximate surface area is 127 Å². The molecule has 0 spiro atoms. The third-order valence-corrected chi connectivity index (χ3v) is 3.38. The first-order valence-corrected chi connectivity index (χ1v) is 7.26. The number of halogens is 1. The number of methoxy groups -OCH3 is 1. The Bertz CT molecular complexity index is 555. The average molecular weight is 336 g/mol. The predicted molar refractivity (Wildman–Crippen MR) is 84.1 cm³/mol. The van der Waals surface area contributed by atoms with E-state index in [1.54, 1.807) is 7.11 Å². The van der Waals surface area contributed by atoms with E-state index in [9.17, 15) is 0 Å². The van der Waals surface area contributed by atoms with Crippen molar-refractivity contribution < 1.29 is 9.47 Å². The first kappa shape index (κ1) is 15.0. The molecule has 0 aliphatic heterocycles. The molecular formula is C16H18BrNO2. The molecule has 2 rings (SSSR count). The summed E-state index contributed by atoms with van der Waals surface area (Å²) in [4.78, 5) is 0. The highest BCUT2D eigenvalue weighted by molar-refractivity contribution is 9.10. The third-order valence-electron chi connectivity index (χ3n) is 2.92. The van der Waals surface area contributed by atoms with E-state index in [1.165, 1.54) is 5.56 Å². The molecule has 0 bridgehead atoms. The molecule has 0 aliphatic carbocycles. The Morgan fingerprint density at radius 1 is 1.00 bits per heavy atom. The van der Waals surface area contributed by atoms with Gasteiger partial charge in [0.05, 0.1) is 6.61 Å². The van der Waals surface area contributed by atoms with E-state index in [1.807, 2.05) is 30.3 Å². The van der Waals surface area contributed by atoms with Crippen LogP contribution in [0.4, 0.5) is 0 Å². The molecule has 2 aromatic carbocycles. The van der Waals surface area contributed by atoms with Gasteiger partial charge >= 0.3 is 0 Å². The van der Waals surface area contributed by atoms with E-state index < -0.39 is 0 Å². The van der Waals surface area contributed by atoms with Crippen LogP contribution in [0.15, 0.2) is 46.9 Å². The molecular weight excluding hydrogens is 318 g/mol. The fourth-order valence-corrected chi connectivity index (χ4v) is 2.40. The normalized spacial score (nSPS) is 10.6. The number of hydrogen-bond donors (Lipinski definition) is 1. The summed E-state index contributed by atoms with van der Waals surface area (Å²) in [6, 6.07) is 13.9. The van der Waals surface area contributed by atoms with Crippen molar-refractivity contribution in [1.29, 1.82) is 0 Å². The summed E-state index contributed by atoms with van der Waals surface area (Å²) in [5.74, 6) is 1.59. The summed E-state index contributed by atoms with van der Waals surface area (Å²) in [6.45, 7) is 1.22. The van der Waals surface area contributed by atoms with Crippen molar-refractivity contribution in [3.63, 3.8) is 0 Å². The van der Waals surface area contributed by atoms with Gasteiger partial charge in [-0.3, -0.25) is 0 Å². The van der Waals surface area contributed by atoms with Crippen LogP contribution in [0.1, 0.15) is 11.1 Å². The van der Waals surface area contributed by atoms with Gasteiger partial charge in [0.15, 0.2) is 0 Å². The Kier molecular flexibility index (Phi) is 5.59. The number of hydrogen-bond acceptors (Lipinski definition) is 3. The van der Waals surface area contributed by atoms with Gasteiger partial charge in [0.2, 0.25) is 0 Å². The second-order valence-corrected chi connectivity index (χ2v) is 5.40. The molecule has 0 fully saturated rings. The molecule has 20 heavy (non-hydrogen) atoms. The summed E-state index contributed by atoms with van der Waals surface area (Å²) in [6.07, 6.45) is 0.908. The number of rotatable bonds is 6. The van der Waals surface area contributed by atoms with E-state index in [4.69, 9.17) is 15.2 Å². The SMILES string of the molecule is COCCc1ccc(Oc2cc(Br)cc(CN)c2)cc1. The van der Waals surface area contributed by atoms with Crippen LogP contribution in [0, 0.1) is 0 Å². The summed E-state index contributed by atoms with van der Waals surface area (Å²) < 4.78 is 11.9. The quantitative estimate of drug-likeness (QED) is 0.870. The minimum absolute atomic E-state index is 0.492. The van der Waals surface area contributed by atoms with E-state index >= 15 is 0 Å². The van der Waals surface area contributed by atoms with Crippen molar-refractivity contribution >= 4 is 15.9 Å². The lowest BCUT2D eigenvalue weighted by Crippen LogP contribution is -1.97. The van der Waals surface area contributed by atoms with Crippen molar-refractivity contribution in [2.24, 2.45) is 5.73 Å². The van der Waals surface area contributed by atoms with Crippen molar-refractivity contribution in [3.8, 4) is 11.5 Å². The van der Waals surface area contributed by atoms with Crippen LogP contribution in [0.5, 0.6) is 11.5 Å². The molecule has 0 heterocycles. The predicted octanol–water partition coefficient (Wildman–Crippen LogP) is 3.89. The van der Waals surface area contributed by atoms with Crippen LogP contribution in [0.2, 0.25) is 0 Å². The maximum Gasteiger partial charge on any atom is 0.128 e. The second kappa shape index (κ2) is 7.43. The lowest BCUT2D eigenvalue weighted by Gasteiger charge is -2.09. The molecule has 0 saturated heterocycles. The Morgan fingerprint density at radius 2 is 1.75 bits per heavy atom. The standard InChI is InChI=1S/C16H18BrNO2/c1-19-7-6-12-2-4-15(5-3-12)20-16-9-13(11-18)8-14(17)10-16/h2-5,8-10H,6-7,11,18H2,1H3. The molecule has 0 unspecified atom stereocenters. The second-order valence-electron chi connectivity index (χ2n) is 4.49. The minimum atomic E-state index is 0.492. The van der Waals surface area contributed by atoms with Gasteiger partial charge in [-0.25, -0.2) is 0 Å². The summed E-state index contributed by atoms with van der Waals surface area (Å²) in [5, 5.41) is 0. The minimum Gasteiger partial charge on any atom is -0.457 e. The van der Waals surface area contributed by atoms with Crippen LogP contribution < -0.4 is 10.5 Å². The molecule has 106 valence electrons. The average Bonchev–Trinajstić information content (AvgIpc) is 2.46. The number of benzene rings is 2. The molecule has 0 amide bonds. The third kappa shape index (κ3) is 4.34. The summed E-state index contributed by atoms with van der Waals surface area (Å²) >= 11 is 3.46. The van der Waals surface area contributed by atoms with Gasteiger partial charge in [-0.15, -0.1) is 0 Å². The summed E-state index contributed by atoms with van der Waals surface area (Å²) in [5.41, 5.74) is 7.93. The Hall–Kier alpha value is -1.36. The van der Waals surface area contributed by atoms with E-state index in [0.29, 0.717) is 6.54 Å². The Morgan fingerprint density at radius 3 is 2.40 bits per heavy atom. The zero-order valence-corrected chi connectivity index (χ0v) is 13.0. The molecule has 2 aromatic rings. The highest BCUT2D eigenvalue weighted by Gasteiger charge is 2.02. The molecule has 0 radical (unpaired) electrons. The van der Waals surface area contributed by atoms with Crippen LogP contribution in [0.25, 0.3) is 0 Å². The summed E-state index contributed by atoms with van der Waals surface area (Å²) in [7, 11) is 1.71. The lowest BCUT2D eigenvalue weighted by atomic mass is 10.1. The van der Waals surface area contributed by atoms with Gasteiger partial charge in [-0.05, 0) is 47.9 Å². The van der Waals surface area contributed by atoms with E-state index in [-0.39, 0.29) is 0 Å². The monoisotopic (exact) mass is 335 g/mol. The molecule has 0 atom stereocenters. The molecule has 0 aromatic heterocycles. The first-order valence-electron chi connectivity index (χ1n) is 6.46. The fraction of sp³-hybridized carbons (Fsp3) is 0.250. The van der Waals surface area contributed by atoms with Gasteiger partial charge < -0.3 is 15.2 Å². The highest BCUT2D eigenvalue weighted by atomic mass is 79.9. The number of nitrogens with two attached hydrogens (primary N) is 1. The zero-order chi connectivity index (χ0) is 14.4. The highest BCUT2D eigenvalue weighted by Crippen LogP contribution is 2.26. The Balaban J connectivity index is 2.07. The van der Waals surface area contributed by atoms with Crippen LogP contribution in [0.3, 0.4) is 0 Å². The van der Waals surface area contributed by atoms with Gasteiger partial charge in [-0.1, -0.05) is 28.1 Å². The maximum atomic E-state index is 5.84. The van der Waals surface area contributed by atoms with Gasteiger partial charge in [-0.2, -0.15) is 0 Å². The van der Waals surface area contributed by atoms with Gasteiger partial charge in [0.25, 0.3) is 0 Å². The van der Waals surface area contributed by atoms with Gasteiger partial charge in [0, 0.05) is 18.1 Å². The van der Waals surface area contributed by atoms with Crippen molar-refractivity contribution in [3.05, 3.63) is 58.1 Å². The molecule has 0 saturated carbocycles. The molecule has 3 nitrogen and oxygen atoms in total. The first-order chi connectivity index (χ1) is 9.71. The number of ether oxygens (including phenoxy) is 2. The zero-order valence-electron chi connectivity index (χ0n) is 11.4. The van der Waals surface area contributed by atoms with Crippen LogP contribution in [-0.4, -0.2) is 13.7 Å².